The third-order valence-corrected chi connectivity index (χ3v) is 2.58. The summed E-state index contributed by atoms with van der Waals surface area (Å²) in [5.41, 5.74) is -1.01. The van der Waals surface area contributed by atoms with Gasteiger partial charge < -0.3 is 9.84 Å². The van der Waals surface area contributed by atoms with Crippen LogP contribution in [0.25, 0.3) is 0 Å². The van der Waals surface area contributed by atoms with Crippen LogP contribution in [0.3, 0.4) is 0 Å². The highest BCUT2D eigenvalue weighted by Gasteiger charge is 2.24. The molecule has 0 aliphatic carbocycles. The van der Waals surface area contributed by atoms with Crippen LogP contribution in [0, 0.1) is 10.1 Å². The molecule has 0 spiro atoms. The number of benzene rings is 1. The van der Waals surface area contributed by atoms with Gasteiger partial charge >= 0.3 is 5.97 Å². The number of rotatable bonds is 5. The normalized spacial score (nSPS) is 10.2. The Morgan fingerprint density at radius 3 is 2.85 bits per heavy atom. The highest BCUT2D eigenvalue weighted by Crippen LogP contribution is 2.28. The third-order valence-electron chi connectivity index (χ3n) is 2.58. The summed E-state index contributed by atoms with van der Waals surface area (Å²) in [5, 5.41) is 23.7. The first kappa shape index (κ1) is 13.5. The van der Waals surface area contributed by atoms with Crippen LogP contribution in [0.1, 0.15) is 16.2 Å². The zero-order valence-electron chi connectivity index (χ0n) is 10.4. The Hall–Kier alpha value is -2.97. The minimum atomic E-state index is -1.43. The van der Waals surface area contributed by atoms with E-state index in [0.29, 0.717) is 5.82 Å². The Bertz CT molecular complexity index is 667. The SMILES string of the molecule is Cn1ncnc1COc1cccc([N+](=O)[O-])c1C(=O)O. The van der Waals surface area contributed by atoms with Crippen LogP contribution in [-0.2, 0) is 13.7 Å². The molecule has 0 amide bonds. The number of hydrogen-bond donors (Lipinski definition) is 1. The van der Waals surface area contributed by atoms with Gasteiger partial charge in [-0.05, 0) is 6.07 Å². The maximum Gasteiger partial charge on any atom is 0.346 e. The fraction of sp³-hybridized carbons (Fsp3) is 0.182. The Morgan fingerprint density at radius 1 is 1.55 bits per heavy atom. The van der Waals surface area contributed by atoms with Crippen molar-refractivity contribution in [2.45, 2.75) is 6.61 Å². The molecule has 0 saturated carbocycles. The predicted octanol–water partition coefficient (Wildman–Crippen LogP) is 1.00. The van der Waals surface area contributed by atoms with E-state index >= 15 is 0 Å². The molecule has 0 unspecified atom stereocenters. The number of ether oxygens (including phenoxy) is 1. The second kappa shape index (κ2) is 5.34. The molecule has 0 aliphatic rings. The van der Waals surface area contributed by atoms with E-state index in [-0.39, 0.29) is 12.4 Å². The first-order valence-electron chi connectivity index (χ1n) is 5.47. The molecule has 0 bridgehead atoms. The number of aromatic carboxylic acids is 1. The first-order chi connectivity index (χ1) is 9.50. The molecule has 0 radical (unpaired) electrons. The molecule has 1 aromatic carbocycles. The Kier molecular flexibility index (Phi) is 3.60. The van der Waals surface area contributed by atoms with Gasteiger partial charge in [0.1, 0.15) is 18.7 Å². The second-order valence-corrected chi connectivity index (χ2v) is 3.80. The van der Waals surface area contributed by atoms with Crippen LogP contribution in [0.4, 0.5) is 5.69 Å². The fourth-order valence-corrected chi connectivity index (χ4v) is 1.60. The van der Waals surface area contributed by atoms with Crippen molar-refractivity contribution in [1.29, 1.82) is 0 Å². The average molecular weight is 278 g/mol. The van der Waals surface area contributed by atoms with Gasteiger partial charge in [0.2, 0.25) is 0 Å². The van der Waals surface area contributed by atoms with Crippen molar-refractivity contribution in [3.8, 4) is 5.75 Å². The first-order valence-corrected chi connectivity index (χ1v) is 5.47. The maximum atomic E-state index is 11.2. The minimum Gasteiger partial charge on any atom is -0.484 e. The van der Waals surface area contributed by atoms with Gasteiger partial charge in [0.05, 0.1) is 4.92 Å². The number of nitro benzene ring substituents is 1. The molecule has 2 aromatic rings. The highest BCUT2D eigenvalue weighted by atomic mass is 16.6. The number of carbonyl (C=O) groups is 1. The zero-order valence-corrected chi connectivity index (χ0v) is 10.4. The monoisotopic (exact) mass is 278 g/mol. The smallest absolute Gasteiger partial charge is 0.346 e. The summed E-state index contributed by atoms with van der Waals surface area (Å²) in [5.74, 6) is -1.05. The van der Waals surface area contributed by atoms with Gasteiger partial charge in [0, 0.05) is 13.1 Å². The summed E-state index contributed by atoms with van der Waals surface area (Å²) in [6.45, 7) is -0.0437. The van der Waals surface area contributed by atoms with E-state index in [4.69, 9.17) is 9.84 Å². The number of carboxylic acids is 1. The number of carboxylic acid groups (broad SMARTS) is 1. The van der Waals surface area contributed by atoms with Crippen LogP contribution >= 0.6 is 0 Å². The van der Waals surface area contributed by atoms with Crippen LogP contribution in [0.5, 0.6) is 5.75 Å². The number of nitrogens with zero attached hydrogens (tertiary/aromatic N) is 4. The molecule has 9 nitrogen and oxygen atoms in total. The summed E-state index contributed by atoms with van der Waals surface area (Å²) in [6.07, 6.45) is 1.32. The van der Waals surface area contributed by atoms with Crippen LogP contribution in [-0.4, -0.2) is 30.8 Å². The molecule has 1 N–H and O–H groups in total. The standard InChI is InChI=1S/C11H10N4O5/c1-14-9(12-6-13-14)5-20-8-4-2-3-7(15(18)19)10(8)11(16)17/h2-4,6H,5H2,1H3,(H,16,17). The molecule has 0 atom stereocenters. The second-order valence-electron chi connectivity index (χ2n) is 3.80. The van der Waals surface area contributed by atoms with E-state index in [1.807, 2.05) is 0 Å². The van der Waals surface area contributed by atoms with E-state index in [1.54, 1.807) is 7.05 Å². The lowest BCUT2D eigenvalue weighted by Crippen LogP contribution is -2.09. The summed E-state index contributed by atoms with van der Waals surface area (Å²) in [4.78, 5) is 25.1. The Labute approximate surface area is 112 Å². The molecule has 1 heterocycles. The third kappa shape index (κ3) is 2.55. The van der Waals surface area contributed by atoms with Gasteiger partial charge in [-0.25, -0.2) is 9.78 Å². The van der Waals surface area contributed by atoms with Crippen molar-refractivity contribution in [1.82, 2.24) is 14.8 Å². The van der Waals surface area contributed by atoms with Crippen molar-refractivity contribution in [2.24, 2.45) is 7.05 Å². The number of aromatic nitrogens is 3. The quantitative estimate of drug-likeness (QED) is 0.639. The van der Waals surface area contributed by atoms with E-state index in [9.17, 15) is 14.9 Å². The van der Waals surface area contributed by atoms with Gasteiger partial charge in [0.25, 0.3) is 5.69 Å². The van der Waals surface area contributed by atoms with E-state index in [1.165, 1.54) is 23.1 Å². The van der Waals surface area contributed by atoms with Crippen molar-refractivity contribution >= 4 is 11.7 Å². The molecule has 0 fully saturated rings. The summed E-state index contributed by atoms with van der Waals surface area (Å²) in [7, 11) is 1.65. The molecule has 104 valence electrons. The maximum absolute atomic E-state index is 11.2. The van der Waals surface area contributed by atoms with Crippen LogP contribution in [0.2, 0.25) is 0 Å². The lowest BCUT2D eigenvalue weighted by atomic mass is 10.1. The summed E-state index contributed by atoms with van der Waals surface area (Å²) >= 11 is 0. The lowest BCUT2D eigenvalue weighted by molar-refractivity contribution is -0.385. The topological polar surface area (TPSA) is 120 Å². The Balaban J connectivity index is 2.32. The highest BCUT2D eigenvalue weighted by molar-refractivity contribution is 5.95. The van der Waals surface area contributed by atoms with Gasteiger partial charge in [-0.3, -0.25) is 14.8 Å². The number of hydrogen-bond acceptors (Lipinski definition) is 6. The molecule has 0 aliphatic heterocycles. The van der Waals surface area contributed by atoms with Crippen molar-refractivity contribution in [3.05, 3.63) is 46.0 Å². The lowest BCUT2D eigenvalue weighted by Gasteiger charge is -2.08. The van der Waals surface area contributed by atoms with Gasteiger partial charge in [-0.15, -0.1) is 0 Å². The van der Waals surface area contributed by atoms with Crippen LogP contribution in [0.15, 0.2) is 24.5 Å². The molecule has 1 aromatic heterocycles. The largest absolute Gasteiger partial charge is 0.484 e. The fourth-order valence-electron chi connectivity index (χ4n) is 1.60. The van der Waals surface area contributed by atoms with Gasteiger partial charge in [0.15, 0.2) is 11.4 Å². The molecule has 9 heteroatoms. The number of aryl methyl sites for hydroxylation is 1. The van der Waals surface area contributed by atoms with Crippen molar-refractivity contribution in [3.63, 3.8) is 0 Å². The van der Waals surface area contributed by atoms with E-state index < -0.39 is 22.1 Å². The van der Waals surface area contributed by atoms with E-state index in [2.05, 4.69) is 10.1 Å². The van der Waals surface area contributed by atoms with Crippen molar-refractivity contribution < 1.29 is 19.6 Å². The number of nitro groups is 1. The van der Waals surface area contributed by atoms with Gasteiger partial charge in [-0.1, -0.05) is 6.07 Å². The Morgan fingerprint density at radius 2 is 2.30 bits per heavy atom. The summed E-state index contributed by atoms with van der Waals surface area (Å²) in [6, 6.07) is 3.82. The molecule has 0 saturated heterocycles. The van der Waals surface area contributed by atoms with Crippen LogP contribution < -0.4 is 4.74 Å². The predicted molar refractivity (Wildman–Crippen MR) is 65.4 cm³/mol. The molecular weight excluding hydrogens is 268 g/mol. The molecular formula is C11H10N4O5. The average Bonchev–Trinajstić information content (AvgIpc) is 2.81. The zero-order chi connectivity index (χ0) is 14.7. The minimum absolute atomic E-state index is 0.0437. The summed E-state index contributed by atoms with van der Waals surface area (Å²) < 4.78 is 6.76. The molecule has 2 rings (SSSR count). The van der Waals surface area contributed by atoms with Crippen molar-refractivity contribution in [2.75, 3.05) is 0 Å². The van der Waals surface area contributed by atoms with Gasteiger partial charge in [-0.2, -0.15) is 5.10 Å². The molecule has 20 heavy (non-hydrogen) atoms. The van der Waals surface area contributed by atoms with E-state index in [0.717, 1.165) is 6.07 Å².